The number of nitrogens with one attached hydrogen (secondary N) is 1. The van der Waals surface area contributed by atoms with Gasteiger partial charge in [-0.3, -0.25) is 9.59 Å². The molecular weight excluding hydrogens is 346 g/mol. The third-order valence-electron chi connectivity index (χ3n) is 4.36. The zero-order valence-corrected chi connectivity index (χ0v) is 15.1. The second-order valence-electron chi connectivity index (χ2n) is 5.95. The number of hydrogen-bond donors (Lipinski definition) is 1. The summed E-state index contributed by atoms with van der Waals surface area (Å²) in [7, 11) is 1.88. The van der Waals surface area contributed by atoms with Gasteiger partial charge in [0.2, 0.25) is 12.7 Å². The van der Waals surface area contributed by atoms with Gasteiger partial charge >= 0.3 is 0 Å². The first-order valence-electron chi connectivity index (χ1n) is 8.30. The molecule has 3 rings (SSSR count). The van der Waals surface area contributed by atoms with E-state index in [4.69, 9.17) is 9.47 Å². The van der Waals surface area contributed by atoms with Gasteiger partial charge in [-0.15, -0.1) is 12.4 Å². The third kappa shape index (κ3) is 4.55. The predicted octanol–water partition coefficient (Wildman–Crippen LogP) is 1.12. The molecule has 25 heavy (non-hydrogen) atoms. The number of rotatable bonds is 5. The number of carbonyl (C=O) groups excluding carboxylic acids is 2. The van der Waals surface area contributed by atoms with E-state index >= 15 is 0 Å². The molecule has 2 aliphatic rings. The molecule has 0 bridgehead atoms. The van der Waals surface area contributed by atoms with E-state index in [-0.39, 0.29) is 31.0 Å². The average Bonchev–Trinajstić information content (AvgIpc) is 3.09. The highest BCUT2D eigenvalue weighted by molar-refractivity contribution is 5.95. The van der Waals surface area contributed by atoms with Crippen LogP contribution in [0.4, 0.5) is 0 Å². The van der Waals surface area contributed by atoms with Gasteiger partial charge in [-0.1, -0.05) is 0 Å². The second kappa shape index (κ2) is 8.92. The van der Waals surface area contributed by atoms with Gasteiger partial charge in [0, 0.05) is 38.2 Å². The Hall–Kier alpha value is -1.99. The van der Waals surface area contributed by atoms with Crippen molar-refractivity contribution in [2.45, 2.75) is 12.8 Å². The van der Waals surface area contributed by atoms with Crippen molar-refractivity contribution >= 4 is 24.2 Å². The zero-order chi connectivity index (χ0) is 16.9. The molecule has 0 spiro atoms. The first-order valence-corrected chi connectivity index (χ1v) is 8.30. The quantitative estimate of drug-likeness (QED) is 0.787. The van der Waals surface area contributed by atoms with E-state index in [0.717, 1.165) is 13.0 Å². The van der Waals surface area contributed by atoms with Gasteiger partial charge in [-0.25, -0.2) is 0 Å². The first-order chi connectivity index (χ1) is 11.7. The Morgan fingerprint density at radius 1 is 1.08 bits per heavy atom. The van der Waals surface area contributed by atoms with Crippen LogP contribution in [0.3, 0.4) is 0 Å². The Balaban J connectivity index is 0.00000225. The fourth-order valence-corrected chi connectivity index (χ4v) is 2.95. The zero-order valence-electron chi connectivity index (χ0n) is 14.3. The number of halogens is 1. The second-order valence-corrected chi connectivity index (χ2v) is 5.95. The van der Waals surface area contributed by atoms with E-state index in [1.165, 1.54) is 0 Å². The van der Waals surface area contributed by atoms with Crippen molar-refractivity contribution in [1.82, 2.24) is 15.1 Å². The van der Waals surface area contributed by atoms with E-state index in [2.05, 4.69) is 5.32 Å². The SMILES string of the molecule is CNCCCC(=O)N1CCN(C(=O)c2ccc3c(c2)OCO3)CC1.Cl. The molecule has 1 aromatic carbocycles. The molecule has 7 nitrogen and oxygen atoms in total. The average molecular weight is 370 g/mol. The lowest BCUT2D eigenvalue weighted by Crippen LogP contribution is -2.50. The van der Waals surface area contributed by atoms with Gasteiger partial charge in [0.1, 0.15) is 0 Å². The van der Waals surface area contributed by atoms with Crippen molar-refractivity contribution in [3.05, 3.63) is 23.8 Å². The summed E-state index contributed by atoms with van der Waals surface area (Å²) in [6.45, 7) is 3.34. The highest BCUT2D eigenvalue weighted by Crippen LogP contribution is 2.32. The van der Waals surface area contributed by atoms with Gasteiger partial charge in [0.15, 0.2) is 11.5 Å². The van der Waals surface area contributed by atoms with Crippen LogP contribution >= 0.6 is 12.4 Å². The van der Waals surface area contributed by atoms with Crippen molar-refractivity contribution < 1.29 is 19.1 Å². The van der Waals surface area contributed by atoms with Crippen molar-refractivity contribution in [3.8, 4) is 11.5 Å². The largest absolute Gasteiger partial charge is 0.454 e. The molecule has 2 amide bonds. The van der Waals surface area contributed by atoms with Crippen LogP contribution in [0.25, 0.3) is 0 Å². The van der Waals surface area contributed by atoms with E-state index in [9.17, 15) is 9.59 Å². The molecule has 0 atom stereocenters. The molecule has 0 aliphatic carbocycles. The van der Waals surface area contributed by atoms with Crippen LogP contribution in [0.15, 0.2) is 18.2 Å². The van der Waals surface area contributed by atoms with Crippen LogP contribution in [0.5, 0.6) is 11.5 Å². The Morgan fingerprint density at radius 3 is 2.48 bits per heavy atom. The van der Waals surface area contributed by atoms with Crippen molar-refractivity contribution in [2.24, 2.45) is 0 Å². The van der Waals surface area contributed by atoms with E-state index in [1.54, 1.807) is 23.1 Å². The van der Waals surface area contributed by atoms with Crippen LogP contribution in [0.2, 0.25) is 0 Å². The van der Waals surface area contributed by atoms with Crippen LogP contribution in [0.1, 0.15) is 23.2 Å². The van der Waals surface area contributed by atoms with Crippen molar-refractivity contribution in [3.63, 3.8) is 0 Å². The molecule has 1 N–H and O–H groups in total. The van der Waals surface area contributed by atoms with E-state index in [0.29, 0.717) is 49.7 Å². The monoisotopic (exact) mass is 369 g/mol. The summed E-state index contributed by atoms with van der Waals surface area (Å²) in [5.74, 6) is 1.42. The number of fused-ring (bicyclic) bond motifs is 1. The smallest absolute Gasteiger partial charge is 0.254 e. The highest BCUT2D eigenvalue weighted by atomic mass is 35.5. The molecule has 0 aromatic heterocycles. The molecule has 1 fully saturated rings. The summed E-state index contributed by atoms with van der Waals surface area (Å²) in [5.41, 5.74) is 0.591. The third-order valence-corrected chi connectivity index (χ3v) is 4.36. The van der Waals surface area contributed by atoms with Crippen LogP contribution in [0, 0.1) is 0 Å². The van der Waals surface area contributed by atoms with Crippen LogP contribution in [-0.2, 0) is 4.79 Å². The molecule has 0 saturated carbocycles. The maximum Gasteiger partial charge on any atom is 0.254 e. The topological polar surface area (TPSA) is 71.1 Å². The number of carbonyl (C=O) groups is 2. The summed E-state index contributed by atoms with van der Waals surface area (Å²) in [4.78, 5) is 28.3. The molecule has 8 heteroatoms. The Morgan fingerprint density at radius 2 is 1.76 bits per heavy atom. The lowest BCUT2D eigenvalue weighted by molar-refractivity contribution is -0.132. The number of piperazine rings is 1. The highest BCUT2D eigenvalue weighted by Gasteiger charge is 2.25. The minimum Gasteiger partial charge on any atom is -0.454 e. The normalized spacial score (nSPS) is 15.7. The lowest BCUT2D eigenvalue weighted by Gasteiger charge is -2.35. The molecule has 2 aliphatic heterocycles. The number of ether oxygens (including phenoxy) is 2. The maximum absolute atomic E-state index is 12.6. The summed E-state index contributed by atoms with van der Waals surface area (Å²) in [6, 6.07) is 5.24. The Kier molecular flexibility index (Phi) is 6.90. The number of benzene rings is 1. The van der Waals surface area contributed by atoms with Gasteiger partial charge in [0.25, 0.3) is 5.91 Å². The molecule has 1 aromatic rings. The van der Waals surface area contributed by atoms with Gasteiger partial charge in [-0.2, -0.15) is 0 Å². The van der Waals surface area contributed by atoms with Gasteiger partial charge in [-0.05, 0) is 38.2 Å². The molecule has 2 heterocycles. The van der Waals surface area contributed by atoms with Crippen molar-refractivity contribution in [2.75, 3.05) is 46.6 Å². The minimum atomic E-state index is -0.0319. The minimum absolute atomic E-state index is 0. The van der Waals surface area contributed by atoms with Crippen molar-refractivity contribution in [1.29, 1.82) is 0 Å². The lowest BCUT2D eigenvalue weighted by atomic mass is 10.1. The number of nitrogens with zero attached hydrogens (tertiary/aromatic N) is 2. The molecular formula is C17H24ClN3O4. The molecule has 0 unspecified atom stereocenters. The maximum atomic E-state index is 12.6. The fraction of sp³-hybridized carbons (Fsp3) is 0.529. The Bertz CT molecular complexity index is 618. The summed E-state index contributed by atoms with van der Waals surface area (Å²) in [6.07, 6.45) is 1.39. The summed E-state index contributed by atoms with van der Waals surface area (Å²) >= 11 is 0. The summed E-state index contributed by atoms with van der Waals surface area (Å²) < 4.78 is 10.6. The van der Waals surface area contributed by atoms with Crippen LogP contribution < -0.4 is 14.8 Å². The standard InChI is InChI=1S/C17H23N3O4.ClH/c1-18-6-2-3-16(21)19-7-9-20(10-8-19)17(22)13-4-5-14-15(11-13)24-12-23-14;/h4-5,11,18H,2-3,6-10,12H2,1H3;1H. The number of amides is 2. The summed E-state index contributed by atoms with van der Waals surface area (Å²) in [5, 5.41) is 3.04. The fourth-order valence-electron chi connectivity index (χ4n) is 2.95. The molecule has 138 valence electrons. The van der Waals surface area contributed by atoms with Gasteiger partial charge in [0.05, 0.1) is 0 Å². The predicted molar refractivity (Wildman–Crippen MR) is 95.5 cm³/mol. The Labute approximate surface area is 153 Å². The van der Waals surface area contributed by atoms with Gasteiger partial charge < -0.3 is 24.6 Å². The van der Waals surface area contributed by atoms with E-state index < -0.39 is 0 Å². The van der Waals surface area contributed by atoms with Crippen LogP contribution in [-0.4, -0.2) is 68.2 Å². The first kappa shape index (κ1) is 19.3. The molecule has 0 radical (unpaired) electrons. The van der Waals surface area contributed by atoms with E-state index in [1.807, 2.05) is 11.9 Å². The number of hydrogen-bond acceptors (Lipinski definition) is 5. The molecule has 1 saturated heterocycles.